The molecule has 1 atom stereocenters. The summed E-state index contributed by atoms with van der Waals surface area (Å²) in [5.74, 6) is 0.595. The Bertz CT molecular complexity index is 540. The van der Waals surface area contributed by atoms with Crippen molar-refractivity contribution in [2.24, 2.45) is 0 Å². The average Bonchev–Trinajstić information content (AvgIpc) is 2.74. The van der Waals surface area contributed by atoms with Crippen LogP contribution in [0.25, 0.3) is 0 Å². The highest BCUT2D eigenvalue weighted by Crippen LogP contribution is 2.32. The minimum atomic E-state index is -0.632. The van der Waals surface area contributed by atoms with Crippen molar-refractivity contribution >= 4 is 34.5 Å². The fraction of sp³-hybridized carbons (Fsp3) is 0.231. The maximum absolute atomic E-state index is 10.2. The molecule has 96 valence electrons. The van der Waals surface area contributed by atoms with E-state index in [1.54, 1.807) is 25.3 Å². The lowest BCUT2D eigenvalue weighted by Gasteiger charge is -2.14. The van der Waals surface area contributed by atoms with Gasteiger partial charge in [0.15, 0.2) is 0 Å². The highest BCUT2D eigenvalue weighted by molar-refractivity contribution is 7.16. The highest BCUT2D eigenvalue weighted by Gasteiger charge is 2.15. The summed E-state index contributed by atoms with van der Waals surface area (Å²) in [5.41, 5.74) is 0.728. The first-order chi connectivity index (χ1) is 8.60. The number of aliphatic hydroxyl groups is 1. The zero-order chi connectivity index (χ0) is 13.1. The van der Waals surface area contributed by atoms with E-state index in [-0.39, 0.29) is 0 Å². The van der Waals surface area contributed by atoms with Crippen LogP contribution in [0, 0.1) is 0 Å². The van der Waals surface area contributed by atoms with Crippen LogP contribution in [0.15, 0.2) is 30.3 Å². The number of halogens is 2. The van der Waals surface area contributed by atoms with Gasteiger partial charge in [-0.15, -0.1) is 11.3 Å². The first-order valence-corrected chi connectivity index (χ1v) is 6.93. The molecule has 0 saturated carbocycles. The third-order valence-electron chi connectivity index (χ3n) is 2.58. The van der Waals surface area contributed by atoms with Crippen LogP contribution in [0.2, 0.25) is 9.36 Å². The second kappa shape index (κ2) is 5.93. The number of aliphatic hydroxyl groups excluding tert-OH is 1. The van der Waals surface area contributed by atoms with E-state index in [9.17, 15) is 5.11 Å². The Morgan fingerprint density at radius 1 is 1.28 bits per heavy atom. The fourth-order valence-electron chi connectivity index (χ4n) is 1.72. The highest BCUT2D eigenvalue weighted by atomic mass is 35.5. The van der Waals surface area contributed by atoms with Gasteiger partial charge in [-0.05, 0) is 24.3 Å². The zero-order valence-corrected chi connectivity index (χ0v) is 12.0. The molecule has 0 amide bonds. The average molecular weight is 303 g/mol. The molecule has 1 N–H and O–H groups in total. The minimum Gasteiger partial charge on any atom is -0.496 e. The largest absolute Gasteiger partial charge is 0.496 e. The molecule has 18 heavy (non-hydrogen) atoms. The maximum Gasteiger partial charge on any atom is 0.126 e. The van der Waals surface area contributed by atoms with Gasteiger partial charge in [-0.25, -0.2) is 0 Å². The van der Waals surface area contributed by atoms with Gasteiger partial charge in [-0.3, -0.25) is 0 Å². The normalized spacial score (nSPS) is 12.4. The quantitative estimate of drug-likeness (QED) is 0.910. The van der Waals surface area contributed by atoms with Gasteiger partial charge in [0, 0.05) is 21.9 Å². The monoisotopic (exact) mass is 302 g/mol. The number of hydrogen-bond acceptors (Lipinski definition) is 3. The Morgan fingerprint density at radius 2 is 2.06 bits per heavy atom. The minimum absolute atomic E-state index is 0.509. The second-order valence-electron chi connectivity index (χ2n) is 3.81. The zero-order valence-electron chi connectivity index (χ0n) is 9.69. The summed E-state index contributed by atoms with van der Waals surface area (Å²) in [7, 11) is 1.56. The predicted octanol–water partition coefficient (Wildman–Crippen LogP) is 4.34. The van der Waals surface area contributed by atoms with Crippen molar-refractivity contribution in [1.82, 2.24) is 0 Å². The molecule has 1 unspecified atom stereocenters. The van der Waals surface area contributed by atoms with E-state index in [0.717, 1.165) is 14.8 Å². The standard InChI is InChI=1S/C13H12Cl2O2S/c1-17-12-6-8(14)2-4-10(12)11(16)7-9-3-5-13(15)18-9/h2-6,11,16H,7H2,1H3. The molecule has 1 aromatic heterocycles. The third kappa shape index (κ3) is 3.18. The topological polar surface area (TPSA) is 29.5 Å². The Morgan fingerprint density at radius 3 is 2.67 bits per heavy atom. The summed E-state index contributed by atoms with van der Waals surface area (Å²) >= 11 is 13.2. The van der Waals surface area contributed by atoms with Crippen molar-refractivity contribution in [2.45, 2.75) is 12.5 Å². The van der Waals surface area contributed by atoms with Gasteiger partial charge >= 0.3 is 0 Å². The fourth-order valence-corrected chi connectivity index (χ4v) is 3.01. The van der Waals surface area contributed by atoms with Crippen LogP contribution in [0.3, 0.4) is 0 Å². The molecule has 0 fully saturated rings. The third-order valence-corrected chi connectivity index (χ3v) is 4.07. The maximum atomic E-state index is 10.2. The summed E-state index contributed by atoms with van der Waals surface area (Å²) in [5, 5.41) is 10.8. The molecule has 0 aliphatic carbocycles. The summed E-state index contributed by atoms with van der Waals surface area (Å²) in [6, 6.07) is 8.96. The molecular weight excluding hydrogens is 291 g/mol. The van der Waals surface area contributed by atoms with Crippen molar-refractivity contribution in [3.05, 3.63) is 50.1 Å². The van der Waals surface area contributed by atoms with Crippen molar-refractivity contribution in [1.29, 1.82) is 0 Å². The lowest BCUT2D eigenvalue weighted by Crippen LogP contribution is -2.03. The summed E-state index contributed by atoms with van der Waals surface area (Å²) in [4.78, 5) is 1.03. The van der Waals surface area contributed by atoms with Gasteiger partial charge in [-0.1, -0.05) is 29.3 Å². The Kier molecular flexibility index (Phi) is 4.51. The van der Waals surface area contributed by atoms with Gasteiger partial charge < -0.3 is 9.84 Å². The number of hydrogen-bond donors (Lipinski definition) is 1. The summed E-state index contributed by atoms with van der Waals surface area (Å²) in [6.07, 6.45) is -0.123. The number of benzene rings is 1. The molecule has 2 rings (SSSR count). The second-order valence-corrected chi connectivity index (χ2v) is 6.05. The van der Waals surface area contributed by atoms with E-state index in [2.05, 4.69) is 0 Å². The smallest absolute Gasteiger partial charge is 0.126 e. The molecule has 0 aliphatic rings. The van der Waals surface area contributed by atoms with Gasteiger partial charge in [0.25, 0.3) is 0 Å². The van der Waals surface area contributed by atoms with Crippen LogP contribution in [0.1, 0.15) is 16.5 Å². The number of thiophene rings is 1. The van der Waals surface area contributed by atoms with E-state index >= 15 is 0 Å². The molecule has 0 spiro atoms. The molecule has 1 heterocycles. The molecule has 0 bridgehead atoms. The van der Waals surface area contributed by atoms with Crippen molar-refractivity contribution in [2.75, 3.05) is 7.11 Å². The van der Waals surface area contributed by atoms with Crippen LogP contribution in [-0.4, -0.2) is 12.2 Å². The van der Waals surface area contributed by atoms with Crippen molar-refractivity contribution in [3.63, 3.8) is 0 Å². The van der Waals surface area contributed by atoms with Gasteiger partial charge in [0.05, 0.1) is 17.6 Å². The number of rotatable bonds is 4. The molecule has 1 aromatic carbocycles. The molecular formula is C13H12Cl2O2S. The van der Waals surface area contributed by atoms with E-state index in [0.29, 0.717) is 17.2 Å². The molecule has 0 radical (unpaired) electrons. The van der Waals surface area contributed by atoms with Crippen molar-refractivity contribution < 1.29 is 9.84 Å². The van der Waals surface area contributed by atoms with E-state index < -0.39 is 6.10 Å². The number of methoxy groups -OCH3 is 1. The van der Waals surface area contributed by atoms with Crippen LogP contribution in [0.5, 0.6) is 5.75 Å². The van der Waals surface area contributed by atoms with E-state index in [1.165, 1.54) is 11.3 Å². The van der Waals surface area contributed by atoms with Crippen LogP contribution in [-0.2, 0) is 6.42 Å². The van der Waals surface area contributed by atoms with Crippen LogP contribution in [0.4, 0.5) is 0 Å². The van der Waals surface area contributed by atoms with Gasteiger partial charge in [-0.2, -0.15) is 0 Å². The summed E-state index contributed by atoms with van der Waals surface area (Å²) < 4.78 is 5.95. The van der Waals surface area contributed by atoms with Crippen LogP contribution >= 0.6 is 34.5 Å². The SMILES string of the molecule is COc1cc(Cl)ccc1C(O)Cc1ccc(Cl)s1. The Hall–Kier alpha value is -0.740. The first kappa shape index (κ1) is 13.7. The van der Waals surface area contributed by atoms with E-state index in [4.69, 9.17) is 27.9 Å². The van der Waals surface area contributed by atoms with Gasteiger partial charge in [0.1, 0.15) is 5.75 Å². The molecule has 2 nitrogen and oxygen atoms in total. The van der Waals surface area contributed by atoms with Crippen molar-refractivity contribution in [3.8, 4) is 5.75 Å². The summed E-state index contributed by atoms with van der Waals surface area (Å²) in [6.45, 7) is 0. The van der Waals surface area contributed by atoms with E-state index in [1.807, 2.05) is 12.1 Å². The predicted molar refractivity (Wildman–Crippen MR) is 76.0 cm³/mol. The lowest BCUT2D eigenvalue weighted by atomic mass is 10.0. The molecule has 0 saturated heterocycles. The Balaban J connectivity index is 2.20. The van der Waals surface area contributed by atoms with Gasteiger partial charge in [0.2, 0.25) is 0 Å². The van der Waals surface area contributed by atoms with Crippen LogP contribution < -0.4 is 4.74 Å². The Labute approximate surface area is 120 Å². The number of ether oxygens (including phenoxy) is 1. The molecule has 0 aliphatic heterocycles. The molecule has 5 heteroatoms. The molecule has 2 aromatic rings. The lowest BCUT2D eigenvalue weighted by molar-refractivity contribution is 0.175. The first-order valence-electron chi connectivity index (χ1n) is 5.36.